The van der Waals surface area contributed by atoms with E-state index in [0.717, 1.165) is 17.7 Å². The third-order valence-electron chi connectivity index (χ3n) is 3.91. The van der Waals surface area contributed by atoms with Gasteiger partial charge < -0.3 is 4.90 Å². The fraction of sp³-hybridized carbons (Fsp3) is 0.643. The highest BCUT2D eigenvalue weighted by molar-refractivity contribution is 7.12. The molecule has 0 bridgehead atoms. The fourth-order valence-electron chi connectivity index (χ4n) is 2.51. The summed E-state index contributed by atoms with van der Waals surface area (Å²) in [4.78, 5) is 15.0. The van der Waals surface area contributed by atoms with Crippen LogP contribution in [0.2, 0.25) is 0 Å². The van der Waals surface area contributed by atoms with E-state index in [1.54, 1.807) is 0 Å². The van der Waals surface area contributed by atoms with Crippen LogP contribution < -0.4 is 0 Å². The molecule has 2 nitrogen and oxygen atoms in total. The van der Waals surface area contributed by atoms with Crippen molar-refractivity contribution in [1.82, 2.24) is 4.90 Å². The molecule has 0 aliphatic heterocycles. The van der Waals surface area contributed by atoms with Gasteiger partial charge >= 0.3 is 0 Å². The first kappa shape index (κ1) is 12.6. The van der Waals surface area contributed by atoms with E-state index in [1.165, 1.54) is 24.2 Å². The molecule has 3 heteroatoms. The third-order valence-corrected chi connectivity index (χ3v) is 4.77. The van der Waals surface area contributed by atoms with Crippen molar-refractivity contribution in [1.29, 1.82) is 0 Å². The molecular weight excluding hydrogens is 230 g/mol. The van der Waals surface area contributed by atoms with Gasteiger partial charge in [-0.3, -0.25) is 4.79 Å². The largest absolute Gasteiger partial charge is 0.338 e. The Kier molecular flexibility index (Phi) is 3.57. The van der Waals surface area contributed by atoms with E-state index in [-0.39, 0.29) is 5.91 Å². The zero-order valence-electron chi connectivity index (χ0n) is 10.9. The van der Waals surface area contributed by atoms with Gasteiger partial charge in [0.15, 0.2) is 0 Å². The van der Waals surface area contributed by atoms with Gasteiger partial charge in [-0.05, 0) is 42.5 Å². The van der Waals surface area contributed by atoms with Gasteiger partial charge in [0.1, 0.15) is 0 Å². The summed E-state index contributed by atoms with van der Waals surface area (Å²) in [5.41, 5.74) is 0.462. The van der Waals surface area contributed by atoms with Crippen LogP contribution in [-0.4, -0.2) is 23.9 Å². The Morgan fingerprint density at radius 3 is 2.59 bits per heavy atom. The van der Waals surface area contributed by atoms with Crippen LogP contribution in [0.4, 0.5) is 0 Å². The van der Waals surface area contributed by atoms with Gasteiger partial charge in [-0.2, -0.15) is 0 Å². The molecule has 0 saturated heterocycles. The molecule has 1 aromatic heterocycles. The number of carbonyl (C=O) groups excluding carboxylic acids is 1. The van der Waals surface area contributed by atoms with Crippen LogP contribution in [-0.2, 0) is 0 Å². The van der Waals surface area contributed by atoms with Crippen molar-refractivity contribution in [2.75, 3.05) is 7.05 Å². The highest BCUT2D eigenvalue weighted by Gasteiger charge is 2.30. The van der Waals surface area contributed by atoms with Crippen molar-refractivity contribution >= 4 is 17.2 Å². The number of hydrogen-bond acceptors (Lipinski definition) is 2. The SMILES string of the molecule is CN(C(=O)c1cccs1)C1CCC(C)(C)CC1. The second-order valence-electron chi connectivity index (χ2n) is 5.79. The lowest BCUT2D eigenvalue weighted by molar-refractivity contribution is 0.0640. The van der Waals surface area contributed by atoms with Crippen LogP contribution >= 0.6 is 11.3 Å². The lowest BCUT2D eigenvalue weighted by atomic mass is 9.75. The summed E-state index contributed by atoms with van der Waals surface area (Å²) < 4.78 is 0. The van der Waals surface area contributed by atoms with Crippen molar-refractivity contribution in [2.45, 2.75) is 45.6 Å². The summed E-state index contributed by atoms with van der Waals surface area (Å²) >= 11 is 1.53. The van der Waals surface area contributed by atoms with Gasteiger partial charge in [0.2, 0.25) is 0 Å². The predicted octanol–water partition coefficient (Wildman–Crippen LogP) is 3.79. The van der Waals surface area contributed by atoms with E-state index in [2.05, 4.69) is 13.8 Å². The number of thiophene rings is 1. The van der Waals surface area contributed by atoms with Crippen molar-refractivity contribution in [3.05, 3.63) is 22.4 Å². The number of nitrogens with zero attached hydrogens (tertiary/aromatic N) is 1. The molecule has 1 aliphatic rings. The average Bonchev–Trinajstić information content (AvgIpc) is 2.80. The molecule has 0 spiro atoms. The van der Waals surface area contributed by atoms with Crippen molar-refractivity contribution in [3.63, 3.8) is 0 Å². The van der Waals surface area contributed by atoms with Gasteiger partial charge in [0.05, 0.1) is 4.88 Å². The molecule has 0 N–H and O–H groups in total. The quantitative estimate of drug-likeness (QED) is 0.783. The minimum absolute atomic E-state index is 0.185. The monoisotopic (exact) mass is 251 g/mol. The van der Waals surface area contributed by atoms with Crippen LogP contribution in [0.25, 0.3) is 0 Å². The minimum atomic E-state index is 0.185. The molecule has 1 aliphatic carbocycles. The topological polar surface area (TPSA) is 20.3 Å². The molecule has 0 aromatic carbocycles. The van der Waals surface area contributed by atoms with Crippen LogP contribution in [0.15, 0.2) is 17.5 Å². The normalized spacial score (nSPS) is 20.2. The summed E-state index contributed by atoms with van der Waals surface area (Å²) in [6.45, 7) is 4.65. The first-order valence-corrected chi connectivity index (χ1v) is 7.18. The highest BCUT2D eigenvalue weighted by atomic mass is 32.1. The Labute approximate surface area is 108 Å². The van der Waals surface area contributed by atoms with Crippen molar-refractivity contribution in [2.24, 2.45) is 5.41 Å². The molecule has 1 aromatic rings. The number of amides is 1. The van der Waals surface area contributed by atoms with E-state index < -0.39 is 0 Å². The van der Waals surface area contributed by atoms with E-state index in [9.17, 15) is 4.79 Å². The van der Waals surface area contributed by atoms with Gasteiger partial charge in [-0.15, -0.1) is 11.3 Å². The third kappa shape index (κ3) is 2.89. The Morgan fingerprint density at radius 2 is 2.06 bits per heavy atom. The van der Waals surface area contributed by atoms with Crippen LogP contribution in [0.3, 0.4) is 0 Å². The maximum Gasteiger partial charge on any atom is 0.263 e. The molecule has 1 fully saturated rings. The first-order valence-electron chi connectivity index (χ1n) is 6.30. The zero-order valence-corrected chi connectivity index (χ0v) is 11.7. The molecule has 0 radical (unpaired) electrons. The lowest BCUT2D eigenvalue weighted by Crippen LogP contribution is -2.40. The second kappa shape index (κ2) is 4.81. The fourth-order valence-corrected chi connectivity index (χ4v) is 3.22. The van der Waals surface area contributed by atoms with Gasteiger partial charge in [0, 0.05) is 13.1 Å². The van der Waals surface area contributed by atoms with Crippen LogP contribution in [0, 0.1) is 5.41 Å². The van der Waals surface area contributed by atoms with Crippen molar-refractivity contribution < 1.29 is 4.79 Å². The molecule has 0 atom stereocenters. The van der Waals surface area contributed by atoms with Crippen LogP contribution in [0.1, 0.15) is 49.2 Å². The number of rotatable bonds is 2. The summed E-state index contributed by atoms with van der Waals surface area (Å²) in [7, 11) is 1.95. The number of carbonyl (C=O) groups is 1. The van der Waals surface area contributed by atoms with E-state index in [1.807, 2.05) is 29.5 Å². The maximum absolute atomic E-state index is 12.2. The minimum Gasteiger partial charge on any atom is -0.338 e. The molecular formula is C14H21NOS. The Hall–Kier alpha value is -0.830. The summed E-state index contributed by atoms with van der Waals surface area (Å²) in [5, 5.41) is 1.96. The lowest BCUT2D eigenvalue weighted by Gasteiger charge is -2.38. The van der Waals surface area contributed by atoms with Gasteiger partial charge in [-0.1, -0.05) is 19.9 Å². The molecule has 1 amide bonds. The van der Waals surface area contributed by atoms with Gasteiger partial charge in [-0.25, -0.2) is 0 Å². The standard InChI is InChI=1S/C14H21NOS/c1-14(2)8-6-11(7-9-14)15(3)13(16)12-5-4-10-17-12/h4-5,10-11H,6-9H2,1-3H3. The van der Waals surface area contributed by atoms with Gasteiger partial charge in [0.25, 0.3) is 5.91 Å². The van der Waals surface area contributed by atoms with Crippen LogP contribution in [0.5, 0.6) is 0 Å². The highest BCUT2D eigenvalue weighted by Crippen LogP contribution is 2.36. The van der Waals surface area contributed by atoms with E-state index in [4.69, 9.17) is 0 Å². The summed E-state index contributed by atoms with van der Waals surface area (Å²) in [6, 6.07) is 4.28. The average molecular weight is 251 g/mol. The maximum atomic E-state index is 12.2. The second-order valence-corrected chi connectivity index (χ2v) is 6.74. The summed E-state index contributed by atoms with van der Waals surface area (Å²) in [5.74, 6) is 0.185. The number of hydrogen-bond donors (Lipinski definition) is 0. The smallest absolute Gasteiger partial charge is 0.263 e. The molecule has 2 rings (SSSR count). The Morgan fingerprint density at radius 1 is 1.41 bits per heavy atom. The molecule has 1 heterocycles. The predicted molar refractivity (Wildman–Crippen MR) is 72.4 cm³/mol. The zero-order chi connectivity index (χ0) is 12.5. The molecule has 17 heavy (non-hydrogen) atoms. The van der Waals surface area contributed by atoms with E-state index >= 15 is 0 Å². The Bertz CT molecular complexity index is 373. The molecule has 0 unspecified atom stereocenters. The Balaban J connectivity index is 1.97. The first-order chi connectivity index (χ1) is 7.99. The molecule has 1 saturated carbocycles. The van der Waals surface area contributed by atoms with E-state index in [0.29, 0.717) is 11.5 Å². The van der Waals surface area contributed by atoms with Crippen molar-refractivity contribution in [3.8, 4) is 0 Å². The molecule has 94 valence electrons. The summed E-state index contributed by atoms with van der Waals surface area (Å²) in [6.07, 6.45) is 4.72.